The first-order valence-electron chi connectivity index (χ1n) is 7.11. The van der Waals surface area contributed by atoms with Crippen LogP contribution in [0.3, 0.4) is 0 Å². The first-order chi connectivity index (χ1) is 10.2. The van der Waals surface area contributed by atoms with E-state index in [9.17, 15) is 0 Å². The van der Waals surface area contributed by atoms with Gasteiger partial charge in [0, 0.05) is 17.6 Å². The summed E-state index contributed by atoms with van der Waals surface area (Å²) < 4.78 is 11.2. The molecule has 0 heterocycles. The summed E-state index contributed by atoms with van der Waals surface area (Å²) in [4.78, 5) is 0. The van der Waals surface area contributed by atoms with E-state index in [0.717, 1.165) is 27.8 Å². The van der Waals surface area contributed by atoms with Crippen LogP contribution in [0, 0.1) is 0 Å². The van der Waals surface area contributed by atoms with Gasteiger partial charge in [-0.15, -0.1) is 0 Å². The molecule has 0 bridgehead atoms. The van der Waals surface area contributed by atoms with Gasteiger partial charge in [0.1, 0.15) is 11.5 Å². The lowest BCUT2D eigenvalue weighted by Crippen LogP contribution is -2.04. The van der Waals surface area contributed by atoms with E-state index in [0.29, 0.717) is 19.8 Å². The van der Waals surface area contributed by atoms with Gasteiger partial charge in [-0.2, -0.15) is 0 Å². The smallest absolute Gasteiger partial charge is 0.142 e. The molecule has 2 aromatic carbocycles. The molecule has 0 radical (unpaired) electrons. The normalized spacial score (nSPS) is 10.2. The molecule has 2 aromatic rings. The van der Waals surface area contributed by atoms with Gasteiger partial charge >= 0.3 is 0 Å². The fraction of sp³-hybridized carbons (Fsp3) is 0.294. The van der Waals surface area contributed by atoms with Crippen molar-refractivity contribution >= 4 is 17.3 Å². The van der Waals surface area contributed by atoms with Gasteiger partial charge in [0.25, 0.3) is 0 Å². The lowest BCUT2D eigenvalue weighted by atomic mass is 10.2. The summed E-state index contributed by atoms with van der Waals surface area (Å²) >= 11 is 6.18. The minimum atomic E-state index is 0.620. The maximum absolute atomic E-state index is 6.18. The zero-order chi connectivity index (χ0) is 15.1. The second-order valence-electron chi connectivity index (χ2n) is 4.47. The molecule has 0 aliphatic carbocycles. The number of benzene rings is 2. The highest BCUT2D eigenvalue weighted by Crippen LogP contribution is 2.30. The second kappa shape index (κ2) is 7.79. The van der Waals surface area contributed by atoms with Crippen molar-refractivity contribution in [2.75, 3.05) is 18.5 Å². The van der Waals surface area contributed by atoms with Crippen molar-refractivity contribution in [1.29, 1.82) is 0 Å². The van der Waals surface area contributed by atoms with Crippen molar-refractivity contribution in [3.8, 4) is 11.5 Å². The van der Waals surface area contributed by atoms with Crippen LogP contribution in [0.15, 0.2) is 42.5 Å². The first kappa shape index (κ1) is 15.5. The quantitative estimate of drug-likeness (QED) is 0.800. The van der Waals surface area contributed by atoms with Gasteiger partial charge in [-0.1, -0.05) is 29.8 Å². The van der Waals surface area contributed by atoms with Gasteiger partial charge in [0.05, 0.1) is 18.9 Å². The highest BCUT2D eigenvalue weighted by molar-refractivity contribution is 6.31. The Kier molecular flexibility index (Phi) is 5.76. The lowest BCUT2D eigenvalue weighted by Gasteiger charge is -2.14. The average molecular weight is 306 g/mol. The maximum atomic E-state index is 6.18. The minimum Gasteiger partial charge on any atom is -0.494 e. The van der Waals surface area contributed by atoms with E-state index in [1.165, 1.54) is 0 Å². The topological polar surface area (TPSA) is 30.5 Å². The lowest BCUT2D eigenvalue weighted by molar-refractivity contribution is 0.332. The van der Waals surface area contributed by atoms with Crippen LogP contribution in [0.25, 0.3) is 0 Å². The fourth-order valence-corrected chi connectivity index (χ4v) is 2.22. The molecule has 21 heavy (non-hydrogen) atoms. The molecule has 0 fully saturated rings. The molecule has 0 aromatic heterocycles. The Morgan fingerprint density at radius 2 is 1.76 bits per heavy atom. The number of nitrogens with one attached hydrogen (secondary N) is 1. The van der Waals surface area contributed by atoms with Crippen LogP contribution < -0.4 is 14.8 Å². The minimum absolute atomic E-state index is 0.620. The van der Waals surface area contributed by atoms with Crippen LogP contribution in [0.5, 0.6) is 11.5 Å². The molecule has 3 nitrogen and oxygen atoms in total. The first-order valence-corrected chi connectivity index (χ1v) is 7.49. The third-order valence-corrected chi connectivity index (χ3v) is 3.36. The molecular weight excluding hydrogens is 286 g/mol. The van der Waals surface area contributed by atoms with Crippen molar-refractivity contribution in [2.24, 2.45) is 0 Å². The maximum Gasteiger partial charge on any atom is 0.142 e. The molecule has 112 valence electrons. The molecule has 0 aliphatic heterocycles. The van der Waals surface area contributed by atoms with Crippen molar-refractivity contribution < 1.29 is 9.47 Å². The summed E-state index contributed by atoms with van der Waals surface area (Å²) in [6.45, 7) is 5.82. The van der Waals surface area contributed by atoms with Crippen molar-refractivity contribution in [2.45, 2.75) is 20.4 Å². The number of rotatable bonds is 7. The Balaban J connectivity index is 2.16. The van der Waals surface area contributed by atoms with Gasteiger partial charge < -0.3 is 14.8 Å². The third kappa shape index (κ3) is 4.30. The van der Waals surface area contributed by atoms with Crippen LogP contribution >= 0.6 is 11.6 Å². The van der Waals surface area contributed by atoms with E-state index in [1.54, 1.807) is 0 Å². The SMILES string of the molecule is CCOc1ccc(OCC)c(NCc2ccccc2Cl)c1. The Morgan fingerprint density at radius 3 is 2.48 bits per heavy atom. The highest BCUT2D eigenvalue weighted by atomic mass is 35.5. The van der Waals surface area contributed by atoms with Gasteiger partial charge in [-0.3, -0.25) is 0 Å². The molecule has 4 heteroatoms. The van der Waals surface area contributed by atoms with E-state index < -0.39 is 0 Å². The van der Waals surface area contributed by atoms with Gasteiger partial charge in [0.15, 0.2) is 0 Å². The van der Waals surface area contributed by atoms with E-state index in [-0.39, 0.29) is 0 Å². The summed E-state index contributed by atoms with van der Waals surface area (Å²) in [5.41, 5.74) is 1.95. The Bertz CT molecular complexity index is 587. The molecule has 0 unspecified atom stereocenters. The van der Waals surface area contributed by atoms with Crippen LogP contribution in [0.2, 0.25) is 5.02 Å². The molecule has 0 atom stereocenters. The van der Waals surface area contributed by atoms with E-state index in [4.69, 9.17) is 21.1 Å². The zero-order valence-electron chi connectivity index (χ0n) is 12.4. The van der Waals surface area contributed by atoms with E-state index in [2.05, 4.69) is 5.32 Å². The Hall–Kier alpha value is -1.87. The van der Waals surface area contributed by atoms with Gasteiger partial charge in [-0.25, -0.2) is 0 Å². The van der Waals surface area contributed by atoms with Gasteiger partial charge in [0.2, 0.25) is 0 Å². The largest absolute Gasteiger partial charge is 0.494 e. The molecular formula is C17H20ClNO2. The van der Waals surface area contributed by atoms with E-state index in [1.807, 2.05) is 56.3 Å². The molecule has 0 spiro atoms. The molecule has 1 N–H and O–H groups in total. The number of anilines is 1. The monoisotopic (exact) mass is 305 g/mol. The summed E-state index contributed by atoms with van der Waals surface area (Å²) in [5, 5.41) is 4.12. The molecule has 0 aliphatic rings. The van der Waals surface area contributed by atoms with Crippen LogP contribution in [0.1, 0.15) is 19.4 Å². The molecule has 0 amide bonds. The molecule has 2 rings (SSSR count). The molecule has 0 saturated heterocycles. The Morgan fingerprint density at radius 1 is 1.00 bits per heavy atom. The summed E-state index contributed by atoms with van der Waals surface area (Å²) in [5.74, 6) is 1.63. The van der Waals surface area contributed by atoms with Crippen LogP contribution in [-0.4, -0.2) is 13.2 Å². The predicted octanol–water partition coefficient (Wildman–Crippen LogP) is 4.75. The van der Waals surface area contributed by atoms with Crippen LogP contribution in [-0.2, 0) is 6.54 Å². The number of hydrogen-bond acceptors (Lipinski definition) is 3. The Labute approximate surface area is 130 Å². The number of hydrogen-bond donors (Lipinski definition) is 1. The average Bonchev–Trinajstić information content (AvgIpc) is 2.49. The fourth-order valence-electron chi connectivity index (χ4n) is 2.02. The van der Waals surface area contributed by atoms with Crippen LogP contribution in [0.4, 0.5) is 5.69 Å². The zero-order valence-corrected chi connectivity index (χ0v) is 13.1. The van der Waals surface area contributed by atoms with Crippen molar-refractivity contribution in [3.63, 3.8) is 0 Å². The summed E-state index contributed by atoms with van der Waals surface area (Å²) in [6.07, 6.45) is 0. The highest BCUT2D eigenvalue weighted by Gasteiger charge is 2.07. The van der Waals surface area contributed by atoms with E-state index >= 15 is 0 Å². The van der Waals surface area contributed by atoms with Crippen molar-refractivity contribution in [1.82, 2.24) is 0 Å². The predicted molar refractivity (Wildman–Crippen MR) is 87.6 cm³/mol. The van der Waals surface area contributed by atoms with Crippen molar-refractivity contribution in [3.05, 3.63) is 53.1 Å². The number of ether oxygens (including phenoxy) is 2. The van der Waals surface area contributed by atoms with Gasteiger partial charge in [-0.05, 0) is 37.6 Å². The summed E-state index contributed by atoms with van der Waals surface area (Å²) in [6, 6.07) is 13.6. The standard InChI is InChI=1S/C17H20ClNO2/c1-3-20-14-9-10-17(21-4-2)16(11-14)19-12-13-7-5-6-8-15(13)18/h5-11,19H,3-4,12H2,1-2H3. The second-order valence-corrected chi connectivity index (χ2v) is 4.88. The third-order valence-electron chi connectivity index (χ3n) is 2.99. The summed E-state index contributed by atoms with van der Waals surface area (Å²) in [7, 11) is 0. The number of halogens is 1. The molecule has 0 saturated carbocycles.